The number of anilines is 1. The molecule has 0 atom stereocenters. The van der Waals surface area contributed by atoms with Gasteiger partial charge in [-0.25, -0.2) is 0 Å². The Balaban J connectivity index is 0.000000461. The van der Waals surface area contributed by atoms with Gasteiger partial charge in [0.25, 0.3) is 0 Å². The predicted octanol–water partition coefficient (Wildman–Crippen LogP) is 0.444. The number of fused-ring (bicyclic) bond motifs is 1. The van der Waals surface area contributed by atoms with Crippen LogP contribution in [0.5, 0.6) is 5.75 Å². The summed E-state index contributed by atoms with van der Waals surface area (Å²) in [6.45, 7) is 1.46. The smallest absolute Gasteiger partial charge is 0.142 e. The molecule has 0 fully saturated rings. The molecule has 1 aromatic rings. The lowest BCUT2D eigenvalue weighted by Gasteiger charge is -2.29. The van der Waals surface area contributed by atoms with Crippen LogP contribution in [0.3, 0.4) is 0 Å². The first-order valence-corrected chi connectivity index (χ1v) is 4.44. The van der Waals surface area contributed by atoms with Crippen LogP contribution < -0.4 is 9.64 Å². The Labute approximate surface area is 83.4 Å². The zero-order valence-electron chi connectivity index (χ0n) is 8.18. The third-order valence-corrected chi connectivity index (χ3v) is 2.00. The molecular weight excluding hydrogens is 182 g/mol. The molecule has 0 saturated carbocycles. The van der Waals surface area contributed by atoms with Crippen molar-refractivity contribution in [3.63, 3.8) is 0 Å². The lowest BCUT2D eigenvalue weighted by Crippen LogP contribution is -2.33. The van der Waals surface area contributed by atoms with Gasteiger partial charge in [-0.05, 0) is 12.1 Å². The molecule has 0 bridgehead atoms. The fourth-order valence-corrected chi connectivity index (χ4v) is 1.37. The van der Waals surface area contributed by atoms with Crippen LogP contribution in [0.2, 0.25) is 0 Å². The molecule has 0 saturated heterocycles. The second-order valence-electron chi connectivity index (χ2n) is 2.72. The van der Waals surface area contributed by atoms with E-state index < -0.39 is 0 Å². The van der Waals surface area contributed by atoms with Crippen LogP contribution in [0.25, 0.3) is 0 Å². The van der Waals surface area contributed by atoms with Crippen molar-refractivity contribution in [3.05, 3.63) is 24.3 Å². The maximum Gasteiger partial charge on any atom is 0.142 e. The quantitative estimate of drug-likeness (QED) is 0.686. The Morgan fingerprint density at radius 1 is 1.36 bits per heavy atom. The first-order valence-electron chi connectivity index (χ1n) is 4.44. The molecule has 1 aliphatic rings. The van der Waals surface area contributed by atoms with Gasteiger partial charge in [-0.15, -0.1) is 0 Å². The van der Waals surface area contributed by atoms with E-state index >= 15 is 0 Å². The second-order valence-corrected chi connectivity index (χ2v) is 2.72. The number of ether oxygens (including phenoxy) is 1. The minimum Gasteiger partial charge on any atom is -0.490 e. The third-order valence-electron chi connectivity index (χ3n) is 2.00. The second kappa shape index (κ2) is 5.47. The number of benzene rings is 1. The lowest BCUT2D eigenvalue weighted by molar-refractivity contribution is 0.251. The minimum atomic E-state index is 0.0559. The highest BCUT2D eigenvalue weighted by atomic mass is 16.5. The highest BCUT2D eigenvalue weighted by Gasteiger charge is 2.15. The van der Waals surface area contributed by atoms with Gasteiger partial charge in [0.2, 0.25) is 0 Å². The predicted molar refractivity (Wildman–Crippen MR) is 54.5 cm³/mol. The maximum atomic E-state index is 9.01. The highest BCUT2D eigenvalue weighted by Crippen LogP contribution is 2.29. The molecule has 14 heavy (non-hydrogen) atoms. The largest absolute Gasteiger partial charge is 0.490 e. The molecule has 4 heteroatoms. The number of nitrogens with zero attached hydrogens (tertiary/aromatic N) is 1. The van der Waals surface area contributed by atoms with Gasteiger partial charge in [-0.2, -0.15) is 0 Å². The summed E-state index contributed by atoms with van der Waals surface area (Å²) in [6.07, 6.45) is 0. The summed E-state index contributed by atoms with van der Waals surface area (Å²) in [5.41, 5.74) is 0.978. The first-order chi connectivity index (χ1) is 6.92. The van der Waals surface area contributed by atoms with E-state index in [4.69, 9.17) is 14.9 Å². The summed E-state index contributed by atoms with van der Waals surface area (Å²) in [4.78, 5) is 1.89. The zero-order valence-corrected chi connectivity index (χ0v) is 8.18. The van der Waals surface area contributed by atoms with Crippen LogP contribution in [-0.2, 0) is 0 Å². The van der Waals surface area contributed by atoms with Crippen molar-refractivity contribution >= 4 is 5.69 Å². The average Bonchev–Trinajstić information content (AvgIpc) is 2.31. The van der Waals surface area contributed by atoms with Gasteiger partial charge < -0.3 is 19.8 Å². The molecule has 1 aliphatic heterocycles. The number of hydrogen-bond acceptors (Lipinski definition) is 4. The first kappa shape index (κ1) is 10.8. The fraction of sp³-hybridized carbons (Fsp3) is 0.400. The molecule has 0 amide bonds. The Morgan fingerprint density at radius 2 is 2.07 bits per heavy atom. The molecule has 0 unspecified atom stereocenters. The van der Waals surface area contributed by atoms with Crippen LogP contribution in [0, 0.1) is 0 Å². The lowest BCUT2D eigenvalue weighted by atomic mass is 10.2. The molecule has 2 N–H and O–H groups in total. The van der Waals surface area contributed by atoms with Crippen molar-refractivity contribution < 1.29 is 14.9 Å². The van der Waals surface area contributed by atoms with Crippen LogP contribution >= 0.6 is 0 Å². The summed E-state index contributed by atoms with van der Waals surface area (Å²) in [6, 6.07) is 7.73. The van der Waals surface area contributed by atoms with Gasteiger partial charge in [-0.1, -0.05) is 12.1 Å². The van der Waals surface area contributed by atoms with Gasteiger partial charge in [0.05, 0.1) is 12.2 Å². The van der Waals surface area contributed by atoms with E-state index in [0.717, 1.165) is 25.1 Å². The molecule has 0 aliphatic carbocycles. The van der Waals surface area contributed by atoms with Gasteiger partial charge in [0.1, 0.15) is 19.1 Å². The topological polar surface area (TPSA) is 52.9 Å². The average molecular weight is 197 g/mol. The van der Waals surface area contributed by atoms with Crippen molar-refractivity contribution in [1.29, 1.82) is 0 Å². The van der Waals surface area contributed by atoms with Crippen LogP contribution in [0.4, 0.5) is 5.69 Å². The molecule has 78 valence electrons. The van der Waals surface area contributed by atoms with Crippen molar-refractivity contribution in [2.75, 3.05) is 31.9 Å². The molecule has 0 aromatic heterocycles. The molecule has 4 nitrogen and oxygen atoms in total. The van der Waals surface area contributed by atoms with Gasteiger partial charge in [0, 0.05) is 7.11 Å². The fourth-order valence-electron chi connectivity index (χ4n) is 1.37. The standard InChI is InChI=1S/C9H11NO2.CH4O/c11-7-10-5-6-12-9-4-2-1-3-8(9)10;1-2/h1-4,11H,5-7H2;2H,1H3. The molecule has 1 aromatic carbocycles. The van der Waals surface area contributed by atoms with E-state index in [1.165, 1.54) is 0 Å². The highest BCUT2D eigenvalue weighted by molar-refractivity contribution is 5.59. The monoisotopic (exact) mass is 197 g/mol. The Bertz CT molecular complexity index is 278. The summed E-state index contributed by atoms with van der Waals surface area (Å²) in [7, 11) is 1.00. The molecule has 2 rings (SSSR count). The van der Waals surface area contributed by atoms with E-state index in [-0.39, 0.29) is 6.73 Å². The zero-order chi connectivity index (χ0) is 10.4. The Morgan fingerprint density at radius 3 is 2.79 bits per heavy atom. The number of rotatable bonds is 1. The Kier molecular flexibility index (Phi) is 4.22. The van der Waals surface area contributed by atoms with E-state index in [0.29, 0.717) is 6.61 Å². The van der Waals surface area contributed by atoms with Gasteiger partial charge in [-0.3, -0.25) is 0 Å². The molecule has 0 radical (unpaired) electrons. The Hall–Kier alpha value is -1.26. The summed E-state index contributed by atoms with van der Waals surface area (Å²) in [5, 5.41) is 16.0. The normalized spacial score (nSPS) is 13.5. The number of para-hydroxylation sites is 2. The number of aliphatic hydroxyl groups is 2. The van der Waals surface area contributed by atoms with Crippen molar-refractivity contribution in [3.8, 4) is 5.75 Å². The van der Waals surface area contributed by atoms with Gasteiger partial charge >= 0.3 is 0 Å². The minimum absolute atomic E-state index is 0.0559. The van der Waals surface area contributed by atoms with Crippen molar-refractivity contribution in [2.24, 2.45) is 0 Å². The van der Waals surface area contributed by atoms with E-state index in [1.807, 2.05) is 29.2 Å². The summed E-state index contributed by atoms with van der Waals surface area (Å²) >= 11 is 0. The van der Waals surface area contributed by atoms with E-state index in [9.17, 15) is 0 Å². The number of aliphatic hydroxyl groups excluding tert-OH is 2. The molecule has 1 heterocycles. The van der Waals surface area contributed by atoms with E-state index in [2.05, 4.69) is 0 Å². The summed E-state index contributed by atoms with van der Waals surface area (Å²) in [5.74, 6) is 0.859. The SMILES string of the molecule is CO.OCN1CCOc2ccccc21. The summed E-state index contributed by atoms with van der Waals surface area (Å²) < 4.78 is 5.40. The van der Waals surface area contributed by atoms with E-state index in [1.54, 1.807) is 0 Å². The maximum absolute atomic E-state index is 9.01. The third kappa shape index (κ3) is 2.16. The molecular formula is C10H15NO3. The van der Waals surface area contributed by atoms with Crippen molar-refractivity contribution in [2.45, 2.75) is 0 Å². The number of hydrogen-bond donors (Lipinski definition) is 2. The van der Waals surface area contributed by atoms with Crippen molar-refractivity contribution in [1.82, 2.24) is 0 Å². The van der Waals surface area contributed by atoms with Gasteiger partial charge in [0.15, 0.2) is 0 Å². The van der Waals surface area contributed by atoms with Crippen LogP contribution in [0.15, 0.2) is 24.3 Å². The van der Waals surface area contributed by atoms with Crippen LogP contribution in [0.1, 0.15) is 0 Å². The van der Waals surface area contributed by atoms with Crippen LogP contribution in [-0.4, -0.2) is 37.2 Å². The molecule has 0 spiro atoms.